The van der Waals surface area contributed by atoms with Crippen LogP contribution in [0.15, 0.2) is 10.9 Å². The molecular formula is C13H15F3N4O2. The van der Waals surface area contributed by atoms with Gasteiger partial charge in [0.1, 0.15) is 11.9 Å². The van der Waals surface area contributed by atoms with E-state index in [4.69, 9.17) is 4.74 Å². The van der Waals surface area contributed by atoms with Crippen LogP contribution in [0.2, 0.25) is 0 Å². The number of aromatic nitrogens is 2. The number of alkyl halides is 3. The molecule has 2 bridgehead atoms. The zero-order valence-electron chi connectivity index (χ0n) is 11.9. The first-order valence-corrected chi connectivity index (χ1v) is 7.14. The molecule has 0 radical (unpaired) electrons. The number of hydrogen-bond donors (Lipinski definition) is 0. The second-order valence-electron chi connectivity index (χ2n) is 6.03. The molecule has 22 heavy (non-hydrogen) atoms. The third-order valence-electron chi connectivity index (χ3n) is 4.69. The van der Waals surface area contributed by atoms with E-state index in [9.17, 15) is 18.0 Å². The van der Waals surface area contributed by atoms with Crippen molar-refractivity contribution in [2.75, 3.05) is 30.0 Å². The lowest BCUT2D eigenvalue weighted by atomic mass is 10.2. The fourth-order valence-corrected chi connectivity index (χ4v) is 3.51. The molecule has 2 fully saturated rings. The van der Waals surface area contributed by atoms with Crippen LogP contribution in [0.1, 0.15) is 6.42 Å². The minimum absolute atomic E-state index is 0.0773. The molecule has 1 aromatic rings. The summed E-state index contributed by atoms with van der Waals surface area (Å²) in [6.07, 6.45) is -3.39. The van der Waals surface area contributed by atoms with Crippen LogP contribution in [0.3, 0.4) is 0 Å². The van der Waals surface area contributed by atoms with Crippen molar-refractivity contribution in [2.45, 2.75) is 37.3 Å². The molecule has 2 saturated heterocycles. The number of likely N-dealkylation sites (N-methyl/N-ethyl adjacent to an activating group) is 1. The maximum absolute atomic E-state index is 13.0. The first-order chi connectivity index (χ1) is 10.3. The highest BCUT2D eigenvalue weighted by molar-refractivity contribution is 5.49. The van der Waals surface area contributed by atoms with Crippen molar-refractivity contribution in [1.29, 1.82) is 0 Å². The number of rotatable bonds is 1. The highest BCUT2D eigenvalue weighted by Crippen LogP contribution is 2.35. The van der Waals surface area contributed by atoms with Gasteiger partial charge in [-0.25, -0.2) is 0 Å². The van der Waals surface area contributed by atoms with Crippen LogP contribution in [0, 0.1) is 0 Å². The van der Waals surface area contributed by atoms with E-state index in [0.717, 1.165) is 15.9 Å². The van der Waals surface area contributed by atoms with Gasteiger partial charge >= 0.3 is 6.18 Å². The lowest BCUT2D eigenvalue weighted by Crippen LogP contribution is -2.41. The molecule has 3 aliphatic rings. The molecule has 120 valence electrons. The number of ether oxygens (including phenoxy) is 1. The maximum atomic E-state index is 13.0. The molecule has 0 aliphatic carbocycles. The summed E-state index contributed by atoms with van der Waals surface area (Å²) in [4.78, 5) is 19.5. The van der Waals surface area contributed by atoms with Crippen molar-refractivity contribution in [3.05, 3.63) is 16.4 Å². The van der Waals surface area contributed by atoms with Crippen molar-refractivity contribution in [3.8, 4) is 0 Å². The summed E-state index contributed by atoms with van der Waals surface area (Å²) in [6, 6.07) is -0.219. The minimum atomic E-state index is -4.39. The van der Waals surface area contributed by atoms with E-state index in [-0.39, 0.29) is 18.1 Å². The highest BCUT2D eigenvalue weighted by Gasteiger charge is 2.48. The number of anilines is 2. The Kier molecular flexibility index (Phi) is 2.76. The van der Waals surface area contributed by atoms with Gasteiger partial charge < -0.3 is 14.5 Å². The van der Waals surface area contributed by atoms with Crippen molar-refractivity contribution < 1.29 is 17.9 Å². The zero-order chi connectivity index (χ0) is 15.6. The predicted octanol–water partition coefficient (Wildman–Crippen LogP) is 0.601. The SMILES string of the molecule is CN1c2nc(N3C[C@@H]4C[C@H]3CO4)cc(=O)n2C[C@H]1C(F)(F)F. The average molecular weight is 316 g/mol. The maximum Gasteiger partial charge on any atom is 0.410 e. The molecule has 4 heterocycles. The normalized spacial score (nSPS) is 30.3. The van der Waals surface area contributed by atoms with Gasteiger partial charge in [0, 0.05) is 19.7 Å². The van der Waals surface area contributed by atoms with Crippen LogP contribution in [0.25, 0.3) is 0 Å². The van der Waals surface area contributed by atoms with Gasteiger partial charge in [-0.05, 0) is 6.42 Å². The van der Waals surface area contributed by atoms with E-state index >= 15 is 0 Å². The standard InChI is InChI=1S/C13H15F3N4O2/c1-18-9(13(14,15)16)5-20-11(21)3-10(17-12(18)20)19-4-8-2-7(19)6-22-8/h3,7-9H,2,4-6H2,1H3/t7-,8-,9-/m0/s1. The van der Waals surface area contributed by atoms with Gasteiger partial charge in [0.25, 0.3) is 5.56 Å². The molecule has 3 aliphatic heterocycles. The molecule has 6 nitrogen and oxygen atoms in total. The van der Waals surface area contributed by atoms with E-state index in [2.05, 4.69) is 4.98 Å². The first-order valence-electron chi connectivity index (χ1n) is 7.14. The van der Waals surface area contributed by atoms with Crippen LogP contribution >= 0.6 is 0 Å². The Bertz CT molecular complexity index is 674. The van der Waals surface area contributed by atoms with Crippen molar-refractivity contribution >= 4 is 11.8 Å². The van der Waals surface area contributed by atoms with Crippen LogP contribution in [0.4, 0.5) is 24.9 Å². The Labute approximate surface area is 124 Å². The molecule has 0 aromatic carbocycles. The van der Waals surface area contributed by atoms with Gasteiger partial charge in [0.15, 0.2) is 0 Å². The average Bonchev–Trinajstić information content (AvgIpc) is 3.12. The van der Waals surface area contributed by atoms with Crippen molar-refractivity contribution in [1.82, 2.24) is 9.55 Å². The lowest BCUT2D eigenvalue weighted by molar-refractivity contribution is -0.147. The van der Waals surface area contributed by atoms with E-state index in [1.54, 1.807) is 0 Å². The van der Waals surface area contributed by atoms with Gasteiger partial charge in [-0.1, -0.05) is 0 Å². The molecule has 3 atom stereocenters. The summed E-state index contributed by atoms with van der Waals surface area (Å²) in [5.41, 5.74) is -0.442. The molecule has 0 saturated carbocycles. The Hall–Kier alpha value is -1.77. The number of nitrogens with zero attached hydrogens (tertiary/aromatic N) is 4. The molecule has 4 rings (SSSR count). The number of halogens is 3. The summed E-state index contributed by atoms with van der Waals surface area (Å²) < 4.78 is 45.6. The first kappa shape index (κ1) is 13.9. The number of hydrogen-bond acceptors (Lipinski definition) is 5. The number of fused-ring (bicyclic) bond motifs is 3. The largest absolute Gasteiger partial charge is 0.410 e. The van der Waals surface area contributed by atoms with Crippen LogP contribution < -0.4 is 15.4 Å². The quantitative estimate of drug-likeness (QED) is 0.759. The summed E-state index contributed by atoms with van der Waals surface area (Å²) in [5.74, 6) is 0.523. The Balaban J connectivity index is 1.71. The fourth-order valence-electron chi connectivity index (χ4n) is 3.51. The van der Waals surface area contributed by atoms with Crippen molar-refractivity contribution in [2.24, 2.45) is 0 Å². The third-order valence-corrected chi connectivity index (χ3v) is 4.69. The van der Waals surface area contributed by atoms with Crippen molar-refractivity contribution in [3.63, 3.8) is 0 Å². The van der Waals surface area contributed by atoms with E-state index in [1.807, 2.05) is 4.90 Å². The Morgan fingerprint density at radius 3 is 2.73 bits per heavy atom. The van der Waals surface area contributed by atoms with Gasteiger partial charge in [-0.15, -0.1) is 0 Å². The van der Waals surface area contributed by atoms with Gasteiger partial charge in [0.05, 0.1) is 25.3 Å². The third kappa shape index (κ3) is 1.91. The van der Waals surface area contributed by atoms with Crippen LogP contribution in [-0.4, -0.2) is 54.1 Å². The fraction of sp³-hybridized carbons (Fsp3) is 0.692. The summed E-state index contributed by atoms with van der Waals surface area (Å²) in [5, 5.41) is 0. The van der Waals surface area contributed by atoms with E-state index in [1.165, 1.54) is 13.1 Å². The topological polar surface area (TPSA) is 50.6 Å². The van der Waals surface area contributed by atoms with E-state index < -0.39 is 24.3 Å². The summed E-state index contributed by atoms with van der Waals surface area (Å²) in [6.45, 7) is 0.801. The predicted molar refractivity (Wildman–Crippen MR) is 72.2 cm³/mol. The van der Waals surface area contributed by atoms with Gasteiger partial charge in [0.2, 0.25) is 5.95 Å². The van der Waals surface area contributed by atoms with Gasteiger partial charge in [-0.3, -0.25) is 9.36 Å². The molecular weight excluding hydrogens is 301 g/mol. The Morgan fingerprint density at radius 1 is 1.36 bits per heavy atom. The molecule has 0 amide bonds. The number of morpholine rings is 1. The molecule has 1 aromatic heterocycles. The Morgan fingerprint density at radius 2 is 2.14 bits per heavy atom. The molecule has 0 N–H and O–H groups in total. The second-order valence-corrected chi connectivity index (χ2v) is 6.03. The van der Waals surface area contributed by atoms with Crippen LogP contribution in [-0.2, 0) is 11.3 Å². The summed E-state index contributed by atoms with van der Waals surface area (Å²) >= 11 is 0. The van der Waals surface area contributed by atoms with Crippen LogP contribution in [0.5, 0.6) is 0 Å². The highest BCUT2D eigenvalue weighted by atomic mass is 19.4. The lowest BCUT2D eigenvalue weighted by Gasteiger charge is -2.28. The molecule has 0 spiro atoms. The van der Waals surface area contributed by atoms with E-state index in [0.29, 0.717) is 19.0 Å². The smallest absolute Gasteiger partial charge is 0.374 e. The summed E-state index contributed by atoms with van der Waals surface area (Å²) in [7, 11) is 1.33. The molecule has 0 unspecified atom stereocenters. The van der Waals surface area contributed by atoms with Gasteiger partial charge in [-0.2, -0.15) is 18.2 Å². The monoisotopic (exact) mass is 316 g/mol. The molecule has 9 heteroatoms. The second kappa shape index (κ2) is 4.37. The minimum Gasteiger partial charge on any atom is -0.374 e. The zero-order valence-corrected chi connectivity index (χ0v) is 11.9.